The van der Waals surface area contributed by atoms with E-state index in [1.165, 1.54) is 24.3 Å². The molecule has 0 spiro atoms. The van der Waals surface area contributed by atoms with Crippen molar-refractivity contribution in [3.05, 3.63) is 59.7 Å². The number of likely N-dealkylation sites (tertiary alicyclic amines) is 1. The van der Waals surface area contributed by atoms with Gasteiger partial charge in [0.15, 0.2) is 0 Å². The second-order valence-corrected chi connectivity index (χ2v) is 12.6. The van der Waals surface area contributed by atoms with Gasteiger partial charge < -0.3 is 16.0 Å². The number of carbonyl (C=O) groups is 2. The van der Waals surface area contributed by atoms with Crippen molar-refractivity contribution in [3.8, 4) is 10.4 Å². The fourth-order valence-electron chi connectivity index (χ4n) is 4.70. The second kappa shape index (κ2) is 12.7. The van der Waals surface area contributed by atoms with Gasteiger partial charge in [-0.15, -0.1) is 11.3 Å². The van der Waals surface area contributed by atoms with Gasteiger partial charge in [-0.3, -0.25) is 14.6 Å². The Bertz CT molecular complexity index is 1380. The molecular weight excluding hydrogens is 534 g/mol. The second-order valence-electron chi connectivity index (χ2n) is 9.99. The van der Waals surface area contributed by atoms with E-state index in [-0.39, 0.29) is 22.4 Å². The third kappa shape index (κ3) is 7.43. The number of rotatable bonds is 10. The Hall–Kier alpha value is -3.28. The standard InChI is InChI=1S/C28H35N5O4S2/c1-19-13-15-33(16-14-19)28(35)24(8-3-6-22-12-11-21(29)18-30-22)32-39(36,37)26-10-4-7-23(25-9-5-17-38-25)27(26)31-20(2)34/h4-5,7,9-12,17-19,24,32H,3,6,8,13-16,29H2,1-2H3,(H,31,34)/t24-/m0/s1. The fourth-order valence-corrected chi connectivity index (χ4v) is 6.87. The minimum Gasteiger partial charge on any atom is -0.397 e. The van der Waals surface area contributed by atoms with Crippen molar-refractivity contribution >= 4 is 44.5 Å². The van der Waals surface area contributed by atoms with Gasteiger partial charge in [-0.05, 0) is 67.7 Å². The van der Waals surface area contributed by atoms with E-state index in [1.807, 2.05) is 23.6 Å². The Labute approximate surface area is 233 Å². The van der Waals surface area contributed by atoms with Crippen molar-refractivity contribution in [1.82, 2.24) is 14.6 Å². The van der Waals surface area contributed by atoms with Crippen LogP contribution in [0.5, 0.6) is 0 Å². The van der Waals surface area contributed by atoms with Crippen LogP contribution >= 0.6 is 11.3 Å². The topological polar surface area (TPSA) is 134 Å². The largest absolute Gasteiger partial charge is 0.397 e. The molecule has 1 aromatic carbocycles. The van der Waals surface area contributed by atoms with Gasteiger partial charge in [0.05, 0.1) is 17.6 Å². The summed E-state index contributed by atoms with van der Waals surface area (Å²) in [6, 6.07) is 11.2. The molecule has 39 heavy (non-hydrogen) atoms. The van der Waals surface area contributed by atoms with Gasteiger partial charge >= 0.3 is 0 Å². The van der Waals surface area contributed by atoms with Crippen LogP contribution in [0.1, 0.15) is 45.2 Å². The molecule has 9 nitrogen and oxygen atoms in total. The summed E-state index contributed by atoms with van der Waals surface area (Å²) in [5, 5.41) is 4.60. The maximum atomic E-state index is 13.8. The van der Waals surface area contributed by atoms with Crippen LogP contribution in [0.4, 0.5) is 11.4 Å². The molecule has 1 fully saturated rings. The lowest BCUT2D eigenvalue weighted by Crippen LogP contribution is -2.50. The Morgan fingerprint density at radius 3 is 2.56 bits per heavy atom. The number of sulfonamides is 1. The molecule has 1 saturated heterocycles. The number of hydrogen-bond donors (Lipinski definition) is 3. The average Bonchev–Trinajstić information content (AvgIpc) is 3.44. The Morgan fingerprint density at radius 2 is 1.92 bits per heavy atom. The van der Waals surface area contributed by atoms with Gasteiger partial charge in [-0.2, -0.15) is 4.72 Å². The van der Waals surface area contributed by atoms with Crippen molar-refractivity contribution in [1.29, 1.82) is 0 Å². The molecule has 0 radical (unpaired) electrons. The zero-order valence-electron chi connectivity index (χ0n) is 22.2. The third-order valence-corrected chi connectivity index (χ3v) is 9.28. The zero-order chi connectivity index (χ0) is 28.0. The molecular formula is C28H35N5O4S2. The number of nitrogens with one attached hydrogen (secondary N) is 2. The van der Waals surface area contributed by atoms with E-state index in [0.29, 0.717) is 49.5 Å². The lowest BCUT2D eigenvalue weighted by molar-refractivity contribution is -0.134. The summed E-state index contributed by atoms with van der Waals surface area (Å²) < 4.78 is 30.3. The quantitative estimate of drug-likeness (QED) is 0.334. The van der Waals surface area contributed by atoms with Crippen molar-refractivity contribution < 1.29 is 18.0 Å². The minimum absolute atomic E-state index is 0.0751. The molecule has 1 atom stereocenters. The van der Waals surface area contributed by atoms with Crippen molar-refractivity contribution in [3.63, 3.8) is 0 Å². The summed E-state index contributed by atoms with van der Waals surface area (Å²) in [7, 11) is -4.18. The highest BCUT2D eigenvalue weighted by atomic mass is 32.2. The van der Waals surface area contributed by atoms with Crippen LogP contribution in [0, 0.1) is 5.92 Å². The number of para-hydroxylation sites is 1. The first kappa shape index (κ1) is 28.7. The minimum atomic E-state index is -4.18. The number of hydrogen-bond acceptors (Lipinski definition) is 7. The Kier molecular flexibility index (Phi) is 9.36. The number of amides is 2. The smallest absolute Gasteiger partial charge is 0.243 e. The van der Waals surface area contributed by atoms with Gasteiger partial charge in [0, 0.05) is 36.1 Å². The molecule has 1 aliphatic heterocycles. The number of nitrogen functional groups attached to an aromatic ring is 1. The highest BCUT2D eigenvalue weighted by Crippen LogP contribution is 2.36. The Balaban J connectivity index is 1.61. The summed E-state index contributed by atoms with van der Waals surface area (Å²) in [6.07, 6.45) is 4.78. The lowest BCUT2D eigenvalue weighted by Gasteiger charge is -2.33. The van der Waals surface area contributed by atoms with Crippen LogP contribution in [-0.4, -0.2) is 49.2 Å². The molecule has 0 bridgehead atoms. The van der Waals surface area contributed by atoms with Crippen molar-refractivity contribution in [2.45, 2.75) is 56.9 Å². The molecule has 0 unspecified atom stereocenters. The molecule has 4 N–H and O–H groups in total. The molecule has 0 saturated carbocycles. The molecule has 1 aliphatic rings. The SMILES string of the molecule is CC(=O)Nc1c(-c2cccs2)cccc1S(=O)(=O)N[C@@H](CCCc1ccc(N)cn1)C(=O)N1CCC(C)CC1. The summed E-state index contributed by atoms with van der Waals surface area (Å²) in [6.45, 7) is 4.70. The number of anilines is 2. The van der Waals surface area contributed by atoms with E-state index in [9.17, 15) is 18.0 Å². The van der Waals surface area contributed by atoms with Gasteiger partial charge in [0.2, 0.25) is 21.8 Å². The van der Waals surface area contributed by atoms with Crippen LogP contribution in [0.2, 0.25) is 0 Å². The predicted molar refractivity (Wildman–Crippen MR) is 155 cm³/mol. The number of carbonyl (C=O) groups excluding carboxylic acids is 2. The van der Waals surface area contributed by atoms with Crippen LogP contribution in [0.25, 0.3) is 10.4 Å². The number of nitrogens with zero attached hydrogens (tertiary/aromatic N) is 2. The van der Waals surface area contributed by atoms with Crippen molar-refractivity contribution in [2.75, 3.05) is 24.1 Å². The predicted octanol–water partition coefficient (Wildman–Crippen LogP) is 4.28. The number of benzene rings is 1. The normalized spacial score (nSPS) is 15.2. The van der Waals surface area contributed by atoms with E-state index in [0.717, 1.165) is 23.4 Å². The number of nitrogens with two attached hydrogens (primary N) is 1. The highest BCUT2D eigenvalue weighted by molar-refractivity contribution is 7.89. The van der Waals surface area contributed by atoms with Crippen LogP contribution < -0.4 is 15.8 Å². The van der Waals surface area contributed by atoms with E-state index < -0.39 is 16.1 Å². The Morgan fingerprint density at radius 1 is 1.15 bits per heavy atom. The molecule has 2 amide bonds. The zero-order valence-corrected chi connectivity index (χ0v) is 23.9. The van der Waals surface area contributed by atoms with Gasteiger partial charge in [-0.1, -0.05) is 25.1 Å². The fraction of sp³-hybridized carbons (Fsp3) is 0.393. The average molecular weight is 570 g/mol. The summed E-state index contributed by atoms with van der Waals surface area (Å²) in [5.41, 5.74) is 7.92. The van der Waals surface area contributed by atoms with E-state index in [2.05, 4.69) is 21.9 Å². The molecule has 0 aliphatic carbocycles. The maximum Gasteiger partial charge on any atom is 0.243 e. The van der Waals surface area contributed by atoms with Gasteiger partial charge in [-0.25, -0.2) is 8.42 Å². The molecule has 4 rings (SSSR count). The van der Waals surface area contributed by atoms with E-state index >= 15 is 0 Å². The summed E-state index contributed by atoms with van der Waals surface area (Å²) in [4.78, 5) is 32.5. The molecule has 11 heteroatoms. The summed E-state index contributed by atoms with van der Waals surface area (Å²) >= 11 is 1.44. The number of thiophene rings is 1. The highest BCUT2D eigenvalue weighted by Gasteiger charge is 2.32. The first-order chi connectivity index (χ1) is 18.6. The lowest BCUT2D eigenvalue weighted by atomic mass is 9.98. The molecule has 208 valence electrons. The van der Waals surface area contributed by atoms with Gasteiger partial charge in [0.1, 0.15) is 10.9 Å². The monoisotopic (exact) mass is 569 g/mol. The summed E-state index contributed by atoms with van der Waals surface area (Å²) in [5.74, 6) is -0.0891. The molecule has 3 aromatic rings. The number of aryl methyl sites for hydroxylation is 1. The van der Waals surface area contributed by atoms with Crippen LogP contribution in [-0.2, 0) is 26.0 Å². The molecule has 2 aromatic heterocycles. The number of pyridine rings is 1. The van der Waals surface area contributed by atoms with Crippen LogP contribution in [0.15, 0.2) is 58.9 Å². The third-order valence-electron chi connectivity index (χ3n) is 6.87. The first-order valence-electron chi connectivity index (χ1n) is 13.1. The van der Waals surface area contributed by atoms with E-state index in [4.69, 9.17) is 5.73 Å². The van der Waals surface area contributed by atoms with E-state index in [1.54, 1.807) is 29.3 Å². The first-order valence-corrected chi connectivity index (χ1v) is 15.5. The maximum absolute atomic E-state index is 13.8. The number of aromatic nitrogens is 1. The van der Waals surface area contributed by atoms with Crippen LogP contribution in [0.3, 0.4) is 0 Å². The van der Waals surface area contributed by atoms with Gasteiger partial charge in [0.25, 0.3) is 0 Å². The van der Waals surface area contributed by atoms with Crippen molar-refractivity contribution in [2.24, 2.45) is 5.92 Å². The molecule has 3 heterocycles. The number of piperidine rings is 1.